The van der Waals surface area contributed by atoms with Crippen LogP contribution >= 0.6 is 11.3 Å². The minimum atomic E-state index is -1.81. The lowest BCUT2D eigenvalue weighted by Gasteiger charge is -2.10. The Balaban J connectivity index is 1.52. The van der Waals surface area contributed by atoms with Crippen molar-refractivity contribution in [1.29, 1.82) is 0 Å². The van der Waals surface area contributed by atoms with Gasteiger partial charge in [0.15, 0.2) is 5.69 Å². The van der Waals surface area contributed by atoms with Crippen LogP contribution in [-0.2, 0) is 17.4 Å². The summed E-state index contributed by atoms with van der Waals surface area (Å²) in [4.78, 5) is 16.0. The first-order chi connectivity index (χ1) is 19.3. The van der Waals surface area contributed by atoms with Crippen molar-refractivity contribution in [2.24, 2.45) is 5.14 Å². The number of nitrogens with two attached hydrogens (primary N) is 1. The number of thiazole rings is 1. The van der Waals surface area contributed by atoms with Crippen molar-refractivity contribution in [3.63, 3.8) is 0 Å². The Morgan fingerprint density at radius 2 is 1.80 bits per heavy atom. The first-order valence-electron chi connectivity index (χ1n) is 12.4. The molecule has 0 aliphatic heterocycles. The Morgan fingerprint density at radius 3 is 2.45 bits per heavy atom. The molecule has 1 saturated carbocycles. The lowest BCUT2D eigenvalue weighted by atomic mass is 9.95. The van der Waals surface area contributed by atoms with Gasteiger partial charge in [0.25, 0.3) is 0 Å². The number of halogens is 2. The van der Waals surface area contributed by atoms with E-state index in [1.165, 1.54) is 34.9 Å². The summed E-state index contributed by atoms with van der Waals surface area (Å²) in [6.07, 6.45) is 2.03. The monoisotopic (exact) mass is 576 g/mol. The third-order valence-electron chi connectivity index (χ3n) is 6.82. The van der Waals surface area contributed by atoms with Gasteiger partial charge in [-0.05, 0) is 59.9 Å². The fourth-order valence-electron chi connectivity index (χ4n) is 4.73. The van der Waals surface area contributed by atoms with Gasteiger partial charge < -0.3 is 5.11 Å². The quantitative estimate of drug-likeness (QED) is 0.232. The highest BCUT2D eigenvalue weighted by Crippen LogP contribution is 2.46. The van der Waals surface area contributed by atoms with E-state index in [0.29, 0.717) is 16.4 Å². The van der Waals surface area contributed by atoms with E-state index in [1.807, 2.05) is 24.3 Å². The van der Waals surface area contributed by atoms with E-state index in [0.717, 1.165) is 40.8 Å². The summed E-state index contributed by atoms with van der Waals surface area (Å²) in [5, 5.41) is 21.7. The predicted molar refractivity (Wildman–Crippen MR) is 149 cm³/mol. The van der Waals surface area contributed by atoms with Gasteiger partial charge in [-0.3, -0.25) is 0 Å². The topological polar surface area (TPSA) is 111 Å². The van der Waals surface area contributed by atoms with Crippen LogP contribution in [-0.4, -0.2) is 30.0 Å². The van der Waals surface area contributed by atoms with Crippen LogP contribution < -0.4 is 5.14 Å². The molecule has 40 heavy (non-hydrogen) atoms. The summed E-state index contributed by atoms with van der Waals surface area (Å²) in [5.74, 6) is -1.83. The zero-order chi connectivity index (χ0) is 28.0. The molecule has 0 radical (unpaired) electrons. The molecule has 2 aromatic heterocycles. The molecule has 3 aromatic carbocycles. The fourth-order valence-corrected chi connectivity index (χ4v) is 5.91. The minimum absolute atomic E-state index is 0.0740. The highest BCUT2D eigenvalue weighted by molar-refractivity contribution is 7.82. The number of benzene rings is 3. The number of aromatic carboxylic acids is 1. The molecular weight excluding hydrogens is 554 g/mol. The van der Waals surface area contributed by atoms with Crippen molar-refractivity contribution >= 4 is 28.3 Å². The van der Waals surface area contributed by atoms with Crippen LogP contribution in [0.5, 0.6) is 0 Å². The summed E-state index contributed by atoms with van der Waals surface area (Å²) >= 11 is 1.17. The summed E-state index contributed by atoms with van der Waals surface area (Å²) in [7, 11) is -1.81. The Morgan fingerprint density at radius 1 is 1.05 bits per heavy atom. The molecule has 0 spiro atoms. The molecule has 1 fully saturated rings. The Bertz CT molecular complexity index is 1780. The molecule has 11 heteroatoms. The summed E-state index contributed by atoms with van der Waals surface area (Å²) in [5.41, 5.74) is 5.04. The van der Waals surface area contributed by atoms with E-state index in [-0.39, 0.29) is 28.7 Å². The molecule has 1 atom stereocenters. The SMILES string of the molecule is NS(=O)c1ccc(Cc2c(-c3cccc(-c4ccc(F)cc4)c3)nn(-c3nc(C(=O)O)cs3)c2C2CC2)c(F)c1. The van der Waals surface area contributed by atoms with Gasteiger partial charge in [0.2, 0.25) is 5.13 Å². The first-order valence-corrected chi connectivity index (χ1v) is 14.5. The third kappa shape index (κ3) is 5.10. The van der Waals surface area contributed by atoms with Crippen LogP contribution in [0, 0.1) is 11.6 Å². The van der Waals surface area contributed by atoms with E-state index in [9.17, 15) is 18.5 Å². The van der Waals surface area contributed by atoms with E-state index < -0.39 is 22.8 Å². The molecule has 2 heterocycles. The van der Waals surface area contributed by atoms with E-state index in [4.69, 9.17) is 10.2 Å². The Hall–Kier alpha value is -4.06. The largest absolute Gasteiger partial charge is 0.476 e. The maximum Gasteiger partial charge on any atom is 0.355 e. The number of carbonyl (C=O) groups is 1. The van der Waals surface area contributed by atoms with Crippen LogP contribution in [0.15, 0.2) is 77.0 Å². The second kappa shape index (κ2) is 10.5. The van der Waals surface area contributed by atoms with Crippen LogP contribution in [0.4, 0.5) is 8.78 Å². The van der Waals surface area contributed by atoms with E-state index >= 15 is 4.39 Å². The first kappa shape index (κ1) is 26.2. The van der Waals surface area contributed by atoms with Crippen molar-refractivity contribution in [2.75, 3.05) is 0 Å². The number of nitrogens with zero attached hydrogens (tertiary/aromatic N) is 3. The van der Waals surface area contributed by atoms with E-state index in [2.05, 4.69) is 4.98 Å². The molecule has 202 valence electrons. The molecule has 1 aliphatic carbocycles. The van der Waals surface area contributed by atoms with Crippen LogP contribution in [0.25, 0.3) is 27.5 Å². The van der Waals surface area contributed by atoms with Crippen LogP contribution in [0.1, 0.15) is 46.1 Å². The number of hydrogen-bond acceptors (Lipinski definition) is 5. The highest BCUT2D eigenvalue weighted by atomic mass is 32.2. The van der Waals surface area contributed by atoms with Gasteiger partial charge in [-0.15, -0.1) is 11.3 Å². The van der Waals surface area contributed by atoms with Crippen molar-refractivity contribution in [3.8, 4) is 27.5 Å². The smallest absolute Gasteiger partial charge is 0.355 e. The average Bonchev–Trinajstić information content (AvgIpc) is 3.52. The van der Waals surface area contributed by atoms with Gasteiger partial charge in [-0.2, -0.15) is 5.10 Å². The van der Waals surface area contributed by atoms with Crippen molar-refractivity contribution in [3.05, 3.63) is 106 Å². The Labute approximate surface area is 234 Å². The fraction of sp³-hybridized carbons (Fsp3) is 0.138. The molecule has 1 unspecified atom stereocenters. The molecule has 6 rings (SSSR count). The van der Waals surface area contributed by atoms with Gasteiger partial charge in [-0.1, -0.05) is 36.4 Å². The van der Waals surface area contributed by atoms with Crippen LogP contribution in [0.3, 0.4) is 0 Å². The second-order valence-corrected chi connectivity index (χ2v) is 11.4. The van der Waals surface area contributed by atoms with E-state index in [1.54, 1.807) is 28.9 Å². The number of aromatic nitrogens is 3. The normalized spacial score (nSPS) is 13.9. The molecule has 0 bridgehead atoms. The maximum absolute atomic E-state index is 15.2. The molecular formula is C29H22F2N4O3S2. The zero-order valence-corrected chi connectivity index (χ0v) is 22.5. The summed E-state index contributed by atoms with van der Waals surface area (Å²) < 4.78 is 42.1. The number of carboxylic acid groups (broad SMARTS) is 1. The lowest BCUT2D eigenvalue weighted by molar-refractivity contribution is 0.0691. The van der Waals surface area contributed by atoms with Gasteiger partial charge in [0, 0.05) is 28.8 Å². The molecule has 3 N–H and O–H groups in total. The molecule has 7 nitrogen and oxygen atoms in total. The third-order valence-corrected chi connectivity index (χ3v) is 8.35. The molecule has 5 aromatic rings. The van der Waals surface area contributed by atoms with Crippen LogP contribution in [0.2, 0.25) is 0 Å². The number of rotatable bonds is 8. The molecule has 1 aliphatic rings. The molecule has 0 saturated heterocycles. The Kier molecular flexibility index (Phi) is 6.87. The maximum atomic E-state index is 15.2. The van der Waals surface area contributed by atoms with Gasteiger partial charge in [0.05, 0.1) is 16.3 Å². The van der Waals surface area contributed by atoms with Gasteiger partial charge >= 0.3 is 5.97 Å². The lowest BCUT2D eigenvalue weighted by Crippen LogP contribution is -2.06. The standard InChI is InChI=1S/C29H22F2N4O3S2/c30-21-9-6-16(7-10-21)18-2-1-3-20(12-18)26-23(13-19-8-11-22(40(32)38)14-24(19)31)27(17-4-5-17)35(34-26)29-33-25(15-39-29)28(36)37/h1-3,6-12,14-15,17H,4-5,13,32H2,(H,36,37). The number of carboxylic acids is 1. The number of hydrogen-bond donors (Lipinski definition) is 2. The second-order valence-electron chi connectivity index (χ2n) is 9.53. The highest BCUT2D eigenvalue weighted by Gasteiger charge is 2.34. The van der Waals surface area contributed by atoms with Crippen molar-refractivity contribution < 1.29 is 22.9 Å². The van der Waals surface area contributed by atoms with Gasteiger partial charge in [-0.25, -0.2) is 32.6 Å². The summed E-state index contributed by atoms with van der Waals surface area (Å²) in [6.45, 7) is 0. The summed E-state index contributed by atoms with van der Waals surface area (Å²) in [6, 6.07) is 18.2. The van der Waals surface area contributed by atoms with Crippen molar-refractivity contribution in [2.45, 2.75) is 30.1 Å². The molecule has 0 amide bonds. The minimum Gasteiger partial charge on any atom is -0.476 e. The predicted octanol–water partition coefficient (Wildman–Crippen LogP) is 6.09. The average molecular weight is 577 g/mol. The zero-order valence-electron chi connectivity index (χ0n) is 20.9. The van der Waals surface area contributed by atoms with Gasteiger partial charge in [0.1, 0.15) is 22.6 Å². The van der Waals surface area contributed by atoms with Crippen molar-refractivity contribution in [1.82, 2.24) is 14.8 Å².